The molecule has 0 aliphatic heterocycles. The van der Waals surface area contributed by atoms with Gasteiger partial charge in [-0.2, -0.15) is 17.0 Å². The Morgan fingerprint density at radius 1 is 1.40 bits per heavy atom. The molecule has 3 heteroatoms. The van der Waals surface area contributed by atoms with E-state index in [1.54, 1.807) is 6.26 Å². The van der Waals surface area contributed by atoms with Crippen molar-refractivity contribution >= 4 is 11.8 Å². The van der Waals surface area contributed by atoms with Crippen LogP contribution in [0.1, 0.15) is 37.0 Å². The average Bonchev–Trinajstić information content (AvgIpc) is 2.63. The Balaban J connectivity index is 1.98. The summed E-state index contributed by atoms with van der Waals surface area (Å²) in [5.74, 6) is 3.22. The van der Waals surface area contributed by atoms with E-state index < -0.39 is 0 Å². The minimum Gasteiger partial charge on any atom is -0.468 e. The molecule has 0 aliphatic carbocycles. The molecule has 0 aliphatic rings. The van der Waals surface area contributed by atoms with Gasteiger partial charge < -0.3 is 4.42 Å². The maximum absolute atomic E-state index is 8.36. The highest BCUT2D eigenvalue weighted by Gasteiger charge is 2.00. The summed E-state index contributed by atoms with van der Waals surface area (Å²) in [5, 5.41) is 8.36. The molecule has 0 fully saturated rings. The van der Waals surface area contributed by atoms with Gasteiger partial charge in [-0.1, -0.05) is 6.42 Å². The number of furan rings is 1. The van der Waals surface area contributed by atoms with Crippen LogP contribution in [0.4, 0.5) is 0 Å². The molecule has 0 amide bonds. The van der Waals surface area contributed by atoms with Gasteiger partial charge in [0.1, 0.15) is 5.76 Å². The second-order valence-electron chi connectivity index (χ2n) is 3.55. The van der Waals surface area contributed by atoms with Gasteiger partial charge in [0.05, 0.1) is 18.1 Å². The Bertz CT molecular complexity index is 314. The van der Waals surface area contributed by atoms with Crippen molar-refractivity contribution in [2.45, 2.75) is 38.4 Å². The highest BCUT2D eigenvalue weighted by atomic mass is 32.2. The molecule has 2 nitrogen and oxygen atoms in total. The summed E-state index contributed by atoms with van der Waals surface area (Å²) in [5.41, 5.74) is 1.24. The van der Waals surface area contributed by atoms with Crippen LogP contribution in [0.3, 0.4) is 0 Å². The first-order chi connectivity index (χ1) is 7.34. The smallest absolute Gasteiger partial charge is 0.116 e. The van der Waals surface area contributed by atoms with E-state index in [1.165, 1.54) is 12.0 Å². The normalized spacial score (nSPS) is 10.1. The summed E-state index contributed by atoms with van der Waals surface area (Å²) >= 11 is 1.91. The van der Waals surface area contributed by atoms with Crippen molar-refractivity contribution in [2.75, 3.05) is 5.75 Å². The number of rotatable bonds is 7. The number of aryl methyl sites for hydroxylation is 1. The SMILES string of the molecule is Cc1ccoc1CSCCCCCC#N. The predicted molar refractivity (Wildman–Crippen MR) is 63.7 cm³/mol. The maximum Gasteiger partial charge on any atom is 0.116 e. The van der Waals surface area contributed by atoms with Crippen molar-refractivity contribution in [3.63, 3.8) is 0 Å². The van der Waals surface area contributed by atoms with Crippen LogP contribution in [0.5, 0.6) is 0 Å². The topological polar surface area (TPSA) is 36.9 Å². The highest BCUT2D eigenvalue weighted by molar-refractivity contribution is 7.98. The van der Waals surface area contributed by atoms with Gasteiger partial charge in [-0.3, -0.25) is 0 Å². The molecule has 0 aromatic carbocycles. The molecule has 0 spiro atoms. The van der Waals surface area contributed by atoms with Gasteiger partial charge in [-0.15, -0.1) is 0 Å². The first-order valence-electron chi connectivity index (χ1n) is 5.32. The van der Waals surface area contributed by atoms with Crippen molar-refractivity contribution < 1.29 is 4.42 Å². The van der Waals surface area contributed by atoms with E-state index in [-0.39, 0.29) is 0 Å². The summed E-state index contributed by atoms with van der Waals surface area (Å²) in [7, 11) is 0. The van der Waals surface area contributed by atoms with E-state index >= 15 is 0 Å². The van der Waals surface area contributed by atoms with Gasteiger partial charge in [0.2, 0.25) is 0 Å². The fourth-order valence-corrected chi connectivity index (χ4v) is 2.34. The van der Waals surface area contributed by atoms with Gasteiger partial charge in [-0.05, 0) is 37.1 Å². The molecule has 1 aromatic rings. The zero-order valence-electron chi connectivity index (χ0n) is 9.16. The molecule has 0 bridgehead atoms. The van der Waals surface area contributed by atoms with Gasteiger partial charge in [0.25, 0.3) is 0 Å². The van der Waals surface area contributed by atoms with Gasteiger partial charge in [0.15, 0.2) is 0 Å². The Morgan fingerprint density at radius 2 is 2.27 bits per heavy atom. The van der Waals surface area contributed by atoms with Crippen LogP contribution < -0.4 is 0 Å². The molecule has 1 rings (SSSR count). The second kappa shape index (κ2) is 7.42. The fraction of sp³-hybridized carbons (Fsp3) is 0.583. The predicted octanol–water partition coefficient (Wildman–Crippen LogP) is 3.91. The lowest BCUT2D eigenvalue weighted by molar-refractivity contribution is 0.528. The number of thioether (sulfide) groups is 1. The van der Waals surface area contributed by atoms with Crippen molar-refractivity contribution in [3.8, 4) is 6.07 Å². The maximum atomic E-state index is 8.36. The van der Waals surface area contributed by atoms with Crippen LogP contribution >= 0.6 is 11.8 Å². The lowest BCUT2D eigenvalue weighted by Gasteiger charge is -1.99. The van der Waals surface area contributed by atoms with Crippen LogP contribution in [0.25, 0.3) is 0 Å². The number of nitriles is 1. The largest absolute Gasteiger partial charge is 0.468 e. The van der Waals surface area contributed by atoms with Crippen LogP contribution in [0.15, 0.2) is 16.7 Å². The third-order valence-electron chi connectivity index (χ3n) is 2.28. The third kappa shape index (κ3) is 4.94. The van der Waals surface area contributed by atoms with Gasteiger partial charge in [-0.25, -0.2) is 0 Å². The van der Waals surface area contributed by atoms with E-state index in [0.717, 1.165) is 30.1 Å². The lowest BCUT2D eigenvalue weighted by Crippen LogP contribution is -1.84. The summed E-state index contributed by atoms with van der Waals surface area (Å²) in [6.45, 7) is 2.08. The summed E-state index contributed by atoms with van der Waals surface area (Å²) in [6.07, 6.45) is 5.85. The van der Waals surface area contributed by atoms with E-state index in [9.17, 15) is 0 Å². The fourth-order valence-electron chi connectivity index (χ4n) is 1.30. The standard InChI is InChI=1S/C12H17NOS/c1-11-6-8-14-12(11)10-15-9-5-3-2-4-7-13/h6,8H,2-5,9-10H2,1H3. The van der Waals surface area contributed by atoms with Gasteiger partial charge in [0, 0.05) is 6.42 Å². The second-order valence-corrected chi connectivity index (χ2v) is 4.65. The number of hydrogen-bond acceptors (Lipinski definition) is 3. The van der Waals surface area contributed by atoms with Gasteiger partial charge >= 0.3 is 0 Å². The molecule has 0 saturated carbocycles. The molecular formula is C12H17NOS. The molecule has 1 aromatic heterocycles. The summed E-state index contributed by atoms with van der Waals surface area (Å²) < 4.78 is 5.35. The van der Waals surface area contributed by atoms with Crippen molar-refractivity contribution in [1.29, 1.82) is 5.26 Å². The monoisotopic (exact) mass is 223 g/mol. The van der Waals surface area contributed by atoms with Crippen LogP contribution in [-0.4, -0.2) is 5.75 Å². The molecule has 0 radical (unpaired) electrons. The first kappa shape index (κ1) is 12.2. The van der Waals surface area contributed by atoms with Crippen molar-refractivity contribution in [1.82, 2.24) is 0 Å². The molecule has 0 saturated heterocycles. The van der Waals surface area contributed by atoms with Crippen molar-refractivity contribution in [2.24, 2.45) is 0 Å². The minimum absolute atomic E-state index is 0.696. The van der Waals surface area contributed by atoms with E-state index in [2.05, 4.69) is 13.0 Å². The quantitative estimate of drug-likeness (QED) is 0.658. The average molecular weight is 223 g/mol. The molecule has 15 heavy (non-hydrogen) atoms. The Morgan fingerprint density at radius 3 is 2.93 bits per heavy atom. The van der Waals surface area contributed by atoms with E-state index in [0.29, 0.717) is 6.42 Å². The lowest BCUT2D eigenvalue weighted by atomic mass is 10.2. The highest BCUT2D eigenvalue weighted by Crippen LogP contribution is 2.18. The molecule has 82 valence electrons. The van der Waals surface area contributed by atoms with E-state index in [4.69, 9.17) is 9.68 Å². The number of hydrogen-bond donors (Lipinski definition) is 0. The van der Waals surface area contributed by atoms with Crippen LogP contribution in [0, 0.1) is 18.3 Å². The molecule has 1 heterocycles. The summed E-state index contributed by atoms with van der Waals surface area (Å²) in [4.78, 5) is 0. The minimum atomic E-state index is 0.696. The first-order valence-corrected chi connectivity index (χ1v) is 6.47. The Labute approximate surface area is 95.7 Å². The zero-order chi connectivity index (χ0) is 10.9. The molecule has 0 unspecified atom stereocenters. The van der Waals surface area contributed by atoms with Crippen LogP contribution in [0.2, 0.25) is 0 Å². The number of unbranched alkanes of at least 4 members (excludes halogenated alkanes) is 3. The van der Waals surface area contributed by atoms with Crippen molar-refractivity contribution in [3.05, 3.63) is 23.7 Å². The van der Waals surface area contributed by atoms with E-state index in [1.807, 2.05) is 17.8 Å². The molecular weight excluding hydrogens is 206 g/mol. The molecule has 0 N–H and O–H groups in total. The Hall–Kier alpha value is -0.880. The van der Waals surface area contributed by atoms with Crippen LogP contribution in [-0.2, 0) is 5.75 Å². The summed E-state index contributed by atoms with van der Waals surface area (Å²) in [6, 6.07) is 4.17. The molecule has 0 atom stereocenters. The number of nitrogens with zero attached hydrogens (tertiary/aromatic N) is 1. The Kier molecular flexibility index (Phi) is 6.03. The third-order valence-corrected chi connectivity index (χ3v) is 3.32. The zero-order valence-corrected chi connectivity index (χ0v) is 9.98.